The van der Waals surface area contributed by atoms with Gasteiger partial charge in [0, 0.05) is 13.2 Å². The highest BCUT2D eigenvalue weighted by atomic mass is 19.1. The van der Waals surface area contributed by atoms with Crippen molar-refractivity contribution >= 4 is 0 Å². The molecule has 0 spiro atoms. The summed E-state index contributed by atoms with van der Waals surface area (Å²) in [5.74, 6) is -0.147. The lowest BCUT2D eigenvalue weighted by atomic mass is 9.74. The van der Waals surface area contributed by atoms with Crippen LogP contribution < -0.4 is 5.32 Å². The molecule has 0 aliphatic heterocycles. The van der Waals surface area contributed by atoms with Gasteiger partial charge in [-0.05, 0) is 68.8 Å². The van der Waals surface area contributed by atoms with E-state index in [-0.39, 0.29) is 11.4 Å². The molecule has 1 saturated carbocycles. The summed E-state index contributed by atoms with van der Waals surface area (Å²) in [6.45, 7) is 5.09. The molecule has 2 nitrogen and oxygen atoms in total. The maximum Gasteiger partial charge on any atom is 0.123 e. The first kappa shape index (κ1) is 15.5. The van der Waals surface area contributed by atoms with E-state index < -0.39 is 0 Å². The Morgan fingerprint density at radius 3 is 2.70 bits per heavy atom. The lowest BCUT2D eigenvalue weighted by Crippen LogP contribution is -2.46. The Balaban J connectivity index is 2.06. The lowest BCUT2D eigenvalue weighted by Gasteiger charge is -2.43. The molecule has 0 radical (unpaired) electrons. The lowest BCUT2D eigenvalue weighted by molar-refractivity contribution is -0.0833. The Morgan fingerprint density at radius 2 is 2.15 bits per heavy atom. The molecule has 1 N–H and O–H groups in total. The third kappa shape index (κ3) is 3.58. The normalized spacial score (nSPS) is 18.6. The van der Waals surface area contributed by atoms with Crippen molar-refractivity contribution in [3.05, 3.63) is 35.1 Å². The van der Waals surface area contributed by atoms with E-state index >= 15 is 0 Å². The number of hydrogen-bond donors (Lipinski definition) is 1. The van der Waals surface area contributed by atoms with Gasteiger partial charge in [0.15, 0.2) is 0 Å². The van der Waals surface area contributed by atoms with Gasteiger partial charge in [-0.1, -0.05) is 13.0 Å². The summed E-state index contributed by atoms with van der Waals surface area (Å²) in [5, 5.41) is 3.53. The number of likely N-dealkylation sites (N-methyl/N-ethyl adjacent to an activating group) is 1. The number of methoxy groups -OCH3 is 1. The van der Waals surface area contributed by atoms with Crippen LogP contribution in [-0.4, -0.2) is 25.3 Å². The number of rotatable bonds is 7. The van der Waals surface area contributed by atoms with E-state index in [1.54, 1.807) is 6.07 Å². The van der Waals surface area contributed by atoms with Gasteiger partial charge in [-0.2, -0.15) is 0 Å². The summed E-state index contributed by atoms with van der Waals surface area (Å²) in [6.07, 6.45) is 5.42. The quantitative estimate of drug-likeness (QED) is 0.823. The minimum absolute atomic E-state index is 0.0497. The minimum Gasteiger partial charge on any atom is -0.378 e. The van der Waals surface area contributed by atoms with Crippen LogP contribution in [0.2, 0.25) is 0 Å². The number of ether oxygens (including phenoxy) is 1. The first-order chi connectivity index (χ1) is 9.58. The van der Waals surface area contributed by atoms with E-state index in [0.29, 0.717) is 6.04 Å². The molecule has 2 rings (SSSR count). The third-order valence-electron chi connectivity index (χ3n) is 4.59. The Labute approximate surface area is 121 Å². The molecule has 1 aliphatic rings. The van der Waals surface area contributed by atoms with Crippen LogP contribution in [0.1, 0.15) is 43.7 Å². The van der Waals surface area contributed by atoms with Crippen molar-refractivity contribution in [2.24, 2.45) is 0 Å². The van der Waals surface area contributed by atoms with Crippen LogP contribution in [0.5, 0.6) is 0 Å². The van der Waals surface area contributed by atoms with Gasteiger partial charge in [-0.3, -0.25) is 0 Å². The van der Waals surface area contributed by atoms with Gasteiger partial charge in [-0.25, -0.2) is 4.39 Å². The number of halogens is 1. The van der Waals surface area contributed by atoms with Crippen molar-refractivity contribution in [3.8, 4) is 0 Å². The van der Waals surface area contributed by atoms with Crippen LogP contribution in [0.25, 0.3) is 0 Å². The van der Waals surface area contributed by atoms with Crippen molar-refractivity contribution in [1.29, 1.82) is 0 Å². The topological polar surface area (TPSA) is 21.3 Å². The van der Waals surface area contributed by atoms with Crippen LogP contribution in [0.15, 0.2) is 18.2 Å². The van der Waals surface area contributed by atoms with Crippen LogP contribution in [-0.2, 0) is 11.2 Å². The zero-order valence-electron chi connectivity index (χ0n) is 12.8. The SMILES string of the molecule is CCNC(Cc1cc(F)ccc1C)CC1(OC)CCC1. The van der Waals surface area contributed by atoms with Gasteiger partial charge < -0.3 is 10.1 Å². The van der Waals surface area contributed by atoms with Crippen LogP contribution >= 0.6 is 0 Å². The summed E-state index contributed by atoms with van der Waals surface area (Å²) in [5.41, 5.74) is 2.31. The van der Waals surface area contributed by atoms with Crippen molar-refractivity contribution in [2.45, 2.75) is 57.6 Å². The third-order valence-corrected chi connectivity index (χ3v) is 4.59. The molecule has 1 aliphatic carbocycles. The number of aryl methyl sites for hydroxylation is 1. The molecule has 0 bridgehead atoms. The number of hydrogen-bond acceptors (Lipinski definition) is 2. The first-order valence-electron chi connectivity index (χ1n) is 7.62. The molecule has 1 atom stereocenters. The molecule has 0 heterocycles. The van der Waals surface area contributed by atoms with E-state index in [0.717, 1.165) is 43.4 Å². The standard InChI is InChI=1S/C17H26FNO/c1-4-19-16(12-17(20-3)8-5-9-17)11-14-10-15(18)7-6-13(14)2/h6-7,10,16,19H,4-5,8-9,11-12H2,1-3H3. The Bertz CT molecular complexity index is 437. The van der Waals surface area contributed by atoms with E-state index in [9.17, 15) is 4.39 Å². The average Bonchev–Trinajstić information content (AvgIpc) is 2.38. The molecule has 1 aromatic carbocycles. The molecular formula is C17H26FNO. The molecule has 112 valence electrons. The van der Waals surface area contributed by atoms with Gasteiger partial charge >= 0.3 is 0 Å². The van der Waals surface area contributed by atoms with E-state index in [2.05, 4.69) is 12.2 Å². The molecule has 1 aromatic rings. The smallest absolute Gasteiger partial charge is 0.123 e. The van der Waals surface area contributed by atoms with E-state index in [1.165, 1.54) is 12.5 Å². The van der Waals surface area contributed by atoms with Crippen molar-refractivity contribution in [2.75, 3.05) is 13.7 Å². The summed E-state index contributed by atoms with van der Waals surface area (Å²) >= 11 is 0. The zero-order valence-corrected chi connectivity index (χ0v) is 12.8. The van der Waals surface area contributed by atoms with Crippen molar-refractivity contribution < 1.29 is 9.13 Å². The van der Waals surface area contributed by atoms with Gasteiger partial charge in [0.05, 0.1) is 5.60 Å². The fourth-order valence-electron chi connectivity index (χ4n) is 3.14. The second-order valence-electron chi connectivity index (χ2n) is 5.97. The number of benzene rings is 1. The van der Waals surface area contributed by atoms with Gasteiger partial charge in [0.25, 0.3) is 0 Å². The first-order valence-corrected chi connectivity index (χ1v) is 7.62. The maximum atomic E-state index is 13.4. The Hall–Kier alpha value is -0.930. The zero-order chi connectivity index (χ0) is 14.6. The molecule has 0 amide bonds. The average molecular weight is 279 g/mol. The monoisotopic (exact) mass is 279 g/mol. The van der Waals surface area contributed by atoms with Crippen molar-refractivity contribution in [3.63, 3.8) is 0 Å². The van der Waals surface area contributed by atoms with Gasteiger partial charge in [0.1, 0.15) is 5.82 Å². The van der Waals surface area contributed by atoms with E-state index in [1.807, 2.05) is 20.1 Å². The molecule has 0 aromatic heterocycles. The fourth-order valence-corrected chi connectivity index (χ4v) is 3.14. The van der Waals surface area contributed by atoms with E-state index in [4.69, 9.17) is 4.74 Å². The predicted molar refractivity (Wildman–Crippen MR) is 80.5 cm³/mol. The summed E-state index contributed by atoms with van der Waals surface area (Å²) in [7, 11) is 1.82. The molecule has 1 fully saturated rings. The fraction of sp³-hybridized carbons (Fsp3) is 0.647. The van der Waals surface area contributed by atoms with Crippen molar-refractivity contribution in [1.82, 2.24) is 5.32 Å². The predicted octanol–water partition coefficient (Wildman–Crippen LogP) is 3.61. The Kier molecular flexibility index (Phi) is 5.17. The molecule has 20 heavy (non-hydrogen) atoms. The van der Waals surface area contributed by atoms with Gasteiger partial charge in [0.2, 0.25) is 0 Å². The highest BCUT2D eigenvalue weighted by Crippen LogP contribution is 2.39. The van der Waals surface area contributed by atoms with Crippen LogP contribution in [0.4, 0.5) is 4.39 Å². The van der Waals surface area contributed by atoms with Gasteiger partial charge in [-0.15, -0.1) is 0 Å². The minimum atomic E-state index is -0.147. The highest BCUT2D eigenvalue weighted by Gasteiger charge is 2.38. The number of nitrogens with one attached hydrogen (secondary N) is 1. The summed E-state index contributed by atoms with van der Waals surface area (Å²) < 4.78 is 19.1. The molecule has 3 heteroatoms. The van der Waals surface area contributed by atoms with Crippen LogP contribution in [0.3, 0.4) is 0 Å². The largest absolute Gasteiger partial charge is 0.378 e. The van der Waals surface area contributed by atoms with Crippen LogP contribution in [0, 0.1) is 12.7 Å². The molecular weight excluding hydrogens is 253 g/mol. The summed E-state index contributed by atoms with van der Waals surface area (Å²) in [4.78, 5) is 0. The molecule has 0 saturated heterocycles. The second-order valence-corrected chi connectivity index (χ2v) is 5.97. The Morgan fingerprint density at radius 1 is 1.40 bits per heavy atom. The molecule has 1 unspecified atom stereocenters. The highest BCUT2D eigenvalue weighted by molar-refractivity contribution is 5.27. The maximum absolute atomic E-state index is 13.4. The summed E-state index contributed by atoms with van der Waals surface area (Å²) in [6, 6.07) is 5.41. The second kappa shape index (κ2) is 6.68.